The van der Waals surface area contributed by atoms with Crippen LogP contribution in [0, 0.1) is 0 Å². The molecule has 0 radical (unpaired) electrons. The van der Waals surface area contributed by atoms with Crippen LogP contribution < -0.4 is 9.62 Å². The first-order valence-electron chi connectivity index (χ1n) is 12.2. The zero-order valence-corrected chi connectivity index (χ0v) is 24.0. The second kappa shape index (κ2) is 13.2. The molecule has 1 saturated carbocycles. The number of benzene rings is 2. The number of hydrogen-bond acceptors (Lipinski definition) is 4. The molecule has 0 unspecified atom stereocenters. The first-order chi connectivity index (χ1) is 17.5. The van der Waals surface area contributed by atoms with Gasteiger partial charge >= 0.3 is 0 Å². The highest BCUT2D eigenvalue weighted by Gasteiger charge is 2.29. The van der Waals surface area contributed by atoms with Gasteiger partial charge in [-0.05, 0) is 62.1 Å². The summed E-state index contributed by atoms with van der Waals surface area (Å²) in [5.74, 6) is -0.475. The van der Waals surface area contributed by atoms with Crippen LogP contribution in [0.4, 0.5) is 5.69 Å². The summed E-state index contributed by atoms with van der Waals surface area (Å²) in [6, 6.07) is 11.0. The fourth-order valence-electron chi connectivity index (χ4n) is 4.44. The number of hydrogen-bond donors (Lipinski definition) is 1. The molecule has 0 bridgehead atoms. The second-order valence-corrected chi connectivity index (χ2v) is 12.5. The van der Waals surface area contributed by atoms with Crippen LogP contribution in [0.5, 0.6) is 0 Å². The van der Waals surface area contributed by atoms with E-state index >= 15 is 0 Å². The third-order valence-corrected chi connectivity index (χ3v) is 8.62. The van der Waals surface area contributed by atoms with Crippen molar-refractivity contribution in [2.24, 2.45) is 0 Å². The van der Waals surface area contributed by atoms with Crippen molar-refractivity contribution in [1.82, 2.24) is 10.2 Å². The lowest BCUT2D eigenvalue weighted by Crippen LogP contribution is -2.49. The maximum Gasteiger partial charge on any atom is 0.242 e. The Morgan fingerprint density at radius 2 is 1.76 bits per heavy atom. The molecule has 2 aromatic rings. The standard InChI is InChI=1S/C26H32Cl3N3O4S/c1-18(26(34)30-21-8-3-4-9-21)31(17-19-12-13-23(28)24(29)15-19)25(33)11-6-14-32(37(2,35)36)22-10-5-7-20(27)16-22/h5,7,10,12-13,15-16,18,21H,3-4,6,8-9,11,14,17H2,1-2H3,(H,30,34)/t18-/m0/s1. The molecular formula is C26H32Cl3N3O4S. The van der Waals surface area contributed by atoms with Gasteiger partial charge in [0.15, 0.2) is 0 Å². The van der Waals surface area contributed by atoms with Crippen molar-refractivity contribution in [3.8, 4) is 0 Å². The van der Waals surface area contributed by atoms with Gasteiger partial charge in [0.2, 0.25) is 21.8 Å². The molecule has 11 heteroatoms. The van der Waals surface area contributed by atoms with Crippen LogP contribution in [-0.2, 0) is 26.2 Å². The molecule has 0 spiro atoms. The van der Waals surface area contributed by atoms with E-state index in [1.807, 2.05) is 0 Å². The van der Waals surface area contributed by atoms with Gasteiger partial charge in [0.25, 0.3) is 0 Å². The van der Waals surface area contributed by atoms with Crippen molar-refractivity contribution in [2.45, 2.75) is 64.1 Å². The largest absolute Gasteiger partial charge is 0.352 e. The van der Waals surface area contributed by atoms with Crippen molar-refractivity contribution in [1.29, 1.82) is 0 Å². The molecule has 37 heavy (non-hydrogen) atoms. The average molecular weight is 589 g/mol. The molecule has 2 aromatic carbocycles. The molecule has 1 aliphatic carbocycles. The lowest BCUT2D eigenvalue weighted by atomic mass is 10.1. The van der Waals surface area contributed by atoms with E-state index in [0.717, 1.165) is 37.5 Å². The monoisotopic (exact) mass is 587 g/mol. The van der Waals surface area contributed by atoms with Crippen LogP contribution in [0.15, 0.2) is 42.5 Å². The Hall–Kier alpha value is -2.00. The van der Waals surface area contributed by atoms with Crippen LogP contribution in [0.25, 0.3) is 0 Å². The highest BCUT2D eigenvalue weighted by Crippen LogP contribution is 2.25. The summed E-state index contributed by atoms with van der Waals surface area (Å²) in [6.45, 7) is 1.96. The number of nitrogens with one attached hydrogen (secondary N) is 1. The third-order valence-electron chi connectivity index (χ3n) is 6.45. The number of halogens is 3. The summed E-state index contributed by atoms with van der Waals surface area (Å²) in [5.41, 5.74) is 1.17. The second-order valence-electron chi connectivity index (χ2n) is 9.35. The molecule has 3 rings (SSSR count). The van der Waals surface area contributed by atoms with E-state index in [4.69, 9.17) is 34.8 Å². The summed E-state index contributed by atoms with van der Waals surface area (Å²) in [6.07, 6.45) is 5.45. The number of rotatable bonds is 11. The minimum absolute atomic E-state index is 0.0506. The van der Waals surface area contributed by atoms with Gasteiger partial charge in [0.1, 0.15) is 6.04 Å². The highest BCUT2D eigenvalue weighted by atomic mass is 35.5. The Labute approximate surface area is 234 Å². The fourth-order valence-corrected chi connectivity index (χ4v) is 5.91. The summed E-state index contributed by atoms with van der Waals surface area (Å²) in [7, 11) is -3.60. The predicted molar refractivity (Wildman–Crippen MR) is 150 cm³/mol. The van der Waals surface area contributed by atoms with Crippen molar-refractivity contribution in [2.75, 3.05) is 17.1 Å². The van der Waals surface area contributed by atoms with Gasteiger partial charge in [0.05, 0.1) is 22.0 Å². The molecule has 202 valence electrons. The lowest BCUT2D eigenvalue weighted by molar-refractivity contribution is -0.141. The molecular weight excluding hydrogens is 557 g/mol. The van der Waals surface area contributed by atoms with E-state index in [9.17, 15) is 18.0 Å². The van der Waals surface area contributed by atoms with Crippen LogP contribution >= 0.6 is 34.8 Å². The minimum Gasteiger partial charge on any atom is -0.352 e. The Balaban J connectivity index is 1.74. The Bertz CT molecular complexity index is 1220. The lowest BCUT2D eigenvalue weighted by Gasteiger charge is -2.30. The van der Waals surface area contributed by atoms with Crippen molar-refractivity contribution >= 4 is 62.3 Å². The van der Waals surface area contributed by atoms with E-state index in [1.54, 1.807) is 49.4 Å². The number of amides is 2. The van der Waals surface area contributed by atoms with Gasteiger partial charge in [-0.1, -0.05) is 59.8 Å². The van der Waals surface area contributed by atoms with Crippen LogP contribution in [0.3, 0.4) is 0 Å². The zero-order valence-electron chi connectivity index (χ0n) is 20.9. The first-order valence-corrected chi connectivity index (χ1v) is 15.2. The third kappa shape index (κ3) is 8.50. The molecule has 0 aromatic heterocycles. The molecule has 1 aliphatic rings. The zero-order chi connectivity index (χ0) is 27.2. The predicted octanol–water partition coefficient (Wildman–Crippen LogP) is 5.67. The fraction of sp³-hybridized carbons (Fsp3) is 0.462. The van der Waals surface area contributed by atoms with Crippen molar-refractivity contribution in [3.63, 3.8) is 0 Å². The molecule has 1 fully saturated rings. The summed E-state index contributed by atoms with van der Waals surface area (Å²) in [5, 5.41) is 4.24. The minimum atomic E-state index is -3.60. The maximum absolute atomic E-state index is 13.4. The van der Waals surface area contributed by atoms with E-state index < -0.39 is 16.1 Å². The van der Waals surface area contributed by atoms with E-state index in [2.05, 4.69) is 5.32 Å². The molecule has 0 heterocycles. The summed E-state index contributed by atoms with van der Waals surface area (Å²) < 4.78 is 26.1. The summed E-state index contributed by atoms with van der Waals surface area (Å²) in [4.78, 5) is 27.9. The molecule has 1 atom stereocenters. The van der Waals surface area contributed by atoms with Crippen molar-refractivity contribution < 1.29 is 18.0 Å². The Morgan fingerprint density at radius 1 is 1.05 bits per heavy atom. The average Bonchev–Trinajstić information content (AvgIpc) is 3.34. The number of carbonyl (C=O) groups is 2. The van der Waals surface area contributed by atoms with Gasteiger partial charge in [0, 0.05) is 30.6 Å². The molecule has 0 saturated heterocycles. The van der Waals surface area contributed by atoms with Crippen LogP contribution in [0.1, 0.15) is 51.0 Å². The number of anilines is 1. The highest BCUT2D eigenvalue weighted by molar-refractivity contribution is 7.92. The number of carbonyl (C=O) groups excluding carboxylic acids is 2. The number of sulfonamides is 1. The summed E-state index contributed by atoms with van der Waals surface area (Å²) >= 11 is 18.3. The molecule has 1 N–H and O–H groups in total. The SMILES string of the molecule is C[C@@H](C(=O)NC1CCCC1)N(Cc1ccc(Cl)c(Cl)c1)C(=O)CCCN(c1cccc(Cl)c1)S(C)(=O)=O. The van der Waals surface area contributed by atoms with E-state index in [0.29, 0.717) is 20.8 Å². The quantitative estimate of drug-likeness (QED) is 0.367. The van der Waals surface area contributed by atoms with E-state index in [1.165, 1.54) is 9.21 Å². The Kier molecular flexibility index (Phi) is 10.5. The van der Waals surface area contributed by atoms with Crippen LogP contribution in [0.2, 0.25) is 15.1 Å². The first kappa shape index (κ1) is 29.6. The number of nitrogens with zero attached hydrogens (tertiary/aromatic N) is 2. The molecule has 2 amide bonds. The maximum atomic E-state index is 13.4. The van der Waals surface area contributed by atoms with Gasteiger partial charge in [-0.3, -0.25) is 13.9 Å². The Morgan fingerprint density at radius 3 is 2.38 bits per heavy atom. The smallest absolute Gasteiger partial charge is 0.242 e. The topological polar surface area (TPSA) is 86.8 Å². The van der Waals surface area contributed by atoms with Crippen molar-refractivity contribution in [3.05, 3.63) is 63.1 Å². The van der Waals surface area contributed by atoms with E-state index in [-0.39, 0.29) is 43.8 Å². The normalized spacial score (nSPS) is 14.8. The van der Waals surface area contributed by atoms with Crippen LogP contribution in [-0.4, -0.2) is 50.0 Å². The van der Waals surface area contributed by atoms with Gasteiger partial charge in [-0.15, -0.1) is 0 Å². The molecule has 7 nitrogen and oxygen atoms in total. The molecule has 0 aliphatic heterocycles. The van der Waals surface area contributed by atoms with Gasteiger partial charge in [-0.2, -0.15) is 0 Å². The van der Waals surface area contributed by atoms with Gasteiger partial charge in [-0.25, -0.2) is 8.42 Å². The van der Waals surface area contributed by atoms with Gasteiger partial charge < -0.3 is 10.2 Å².